The first-order valence-electron chi connectivity index (χ1n) is 30.6. The van der Waals surface area contributed by atoms with Crippen molar-refractivity contribution in [2.45, 2.75) is 328 Å². The Kier molecular flexibility index (Phi) is 51.5. The zero-order valence-electron chi connectivity index (χ0n) is 47.1. The van der Waals surface area contributed by atoms with Gasteiger partial charge in [-0.05, 0) is 19.3 Å². The molecule has 0 radical (unpaired) electrons. The van der Waals surface area contributed by atoms with E-state index in [0.717, 1.165) is 32.1 Å². The van der Waals surface area contributed by atoms with Gasteiger partial charge >= 0.3 is 7.82 Å². The van der Waals surface area contributed by atoms with Crippen LogP contribution in [0.5, 0.6) is 0 Å². The molecule has 0 saturated heterocycles. The van der Waals surface area contributed by atoms with Crippen LogP contribution in [0.25, 0.3) is 0 Å². The molecule has 0 heterocycles. The van der Waals surface area contributed by atoms with Crippen LogP contribution in [0.1, 0.15) is 316 Å². The van der Waals surface area contributed by atoms with E-state index >= 15 is 0 Å². The normalized spacial score (nSPS) is 13.9. The summed E-state index contributed by atoms with van der Waals surface area (Å²) in [5, 5.41) is 14.0. The summed E-state index contributed by atoms with van der Waals surface area (Å²) in [5.41, 5.74) is 0. The molecule has 0 aliphatic carbocycles. The number of allylic oxidation sites excluding steroid dienone is 1. The first-order chi connectivity index (χ1) is 33.5. The van der Waals surface area contributed by atoms with E-state index in [4.69, 9.17) is 9.05 Å². The molecular weight excluding hydrogens is 876 g/mol. The number of likely N-dealkylation sites (N-methyl/N-ethyl adjacent to an activating group) is 1. The third-order valence-electron chi connectivity index (χ3n) is 14.3. The Morgan fingerprint density at radius 2 is 0.768 bits per heavy atom. The minimum atomic E-state index is -4.34. The number of quaternary nitrogens is 1. The predicted octanol–water partition coefficient (Wildman–Crippen LogP) is 18.6. The number of carbonyl (C=O) groups is 1. The Morgan fingerprint density at radius 3 is 1.07 bits per heavy atom. The number of carbonyl (C=O) groups excluding carboxylic acids is 1. The van der Waals surface area contributed by atoms with Gasteiger partial charge in [0.05, 0.1) is 39.9 Å². The van der Waals surface area contributed by atoms with Gasteiger partial charge in [0.15, 0.2) is 0 Å². The van der Waals surface area contributed by atoms with Crippen molar-refractivity contribution in [3.8, 4) is 0 Å². The minimum absolute atomic E-state index is 0.0653. The number of amides is 1. The van der Waals surface area contributed by atoms with Gasteiger partial charge in [-0.3, -0.25) is 13.8 Å². The van der Waals surface area contributed by atoms with Gasteiger partial charge in [-0.15, -0.1) is 0 Å². The average molecular weight is 999 g/mol. The second-order valence-corrected chi connectivity index (χ2v) is 23.9. The minimum Gasteiger partial charge on any atom is -0.387 e. The van der Waals surface area contributed by atoms with E-state index in [-0.39, 0.29) is 19.1 Å². The Hall–Kier alpha value is -0.760. The van der Waals surface area contributed by atoms with Crippen LogP contribution in [0.15, 0.2) is 12.2 Å². The number of aliphatic hydroxyl groups is 1. The number of rotatable bonds is 57. The van der Waals surface area contributed by atoms with Gasteiger partial charge in [0.25, 0.3) is 0 Å². The van der Waals surface area contributed by atoms with Crippen LogP contribution in [0.4, 0.5) is 0 Å². The molecule has 3 unspecified atom stereocenters. The number of phosphoric ester groups is 1. The zero-order chi connectivity index (χ0) is 50.6. The lowest BCUT2D eigenvalue weighted by molar-refractivity contribution is -0.870. The predicted molar refractivity (Wildman–Crippen MR) is 300 cm³/mol. The van der Waals surface area contributed by atoms with Crippen LogP contribution in [0.3, 0.4) is 0 Å². The van der Waals surface area contributed by atoms with Crippen LogP contribution >= 0.6 is 7.82 Å². The van der Waals surface area contributed by atoms with Crippen LogP contribution in [-0.2, 0) is 18.4 Å². The fourth-order valence-corrected chi connectivity index (χ4v) is 10.2. The SMILES string of the molecule is CCCCCCCCCCCCCCCCCCCCCCCC/C=C/C(O)C(COP(=O)(O)OCC[N+](C)(C)C)NC(=O)CCCCCCCCCCCCCCCCCCCCCCCCC. The first-order valence-corrected chi connectivity index (χ1v) is 32.1. The number of hydrogen-bond donors (Lipinski definition) is 3. The Labute approximate surface area is 431 Å². The number of phosphoric acid groups is 1. The number of hydrogen-bond acceptors (Lipinski definition) is 5. The van der Waals surface area contributed by atoms with E-state index in [1.54, 1.807) is 6.08 Å². The molecule has 0 aromatic carbocycles. The van der Waals surface area contributed by atoms with Gasteiger partial charge in [-0.1, -0.05) is 302 Å². The van der Waals surface area contributed by atoms with Gasteiger partial charge in [0, 0.05) is 6.42 Å². The number of nitrogens with one attached hydrogen (secondary N) is 1. The van der Waals surface area contributed by atoms with E-state index < -0.39 is 20.0 Å². The monoisotopic (exact) mass is 998 g/mol. The highest BCUT2D eigenvalue weighted by Gasteiger charge is 2.27. The van der Waals surface area contributed by atoms with Gasteiger partial charge in [-0.2, -0.15) is 0 Å². The van der Waals surface area contributed by atoms with Gasteiger partial charge in [0.1, 0.15) is 13.2 Å². The molecule has 0 fully saturated rings. The lowest BCUT2D eigenvalue weighted by Crippen LogP contribution is -2.45. The Morgan fingerprint density at radius 1 is 0.478 bits per heavy atom. The van der Waals surface area contributed by atoms with E-state index in [1.807, 2.05) is 27.2 Å². The van der Waals surface area contributed by atoms with Crippen molar-refractivity contribution in [1.82, 2.24) is 5.32 Å². The fourth-order valence-electron chi connectivity index (χ4n) is 9.46. The zero-order valence-corrected chi connectivity index (χ0v) is 48.0. The highest BCUT2D eigenvalue weighted by Crippen LogP contribution is 2.43. The summed E-state index contributed by atoms with van der Waals surface area (Å²) in [7, 11) is 1.59. The number of aliphatic hydroxyl groups excluding tert-OH is 1. The molecule has 0 bridgehead atoms. The van der Waals surface area contributed by atoms with E-state index in [0.29, 0.717) is 17.4 Å². The summed E-state index contributed by atoms with van der Waals surface area (Å²) in [6, 6.07) is -0.842. The largest absolute Gasteiger partial charge is 0.472 e. The van der Waals surface area contributed by atoms with Gasteiger partial charge in [0.2, 0.25) is 5.91 Å². The Bertz CT molecular complexity index is 1130. The smallest absolute Gasteiger partial charge is 0.387 e. The molecule has 412 valence electrons. The molecule has 0 aromatic heterocycles. The maximum absolute atomic E-state index is 13.0. The summed E-state index contributed by atoms with van der Waals surface area (Å²) in [6.07, 6.45) is 64.6. The lowest BCUT2D eigenvalue weighted by atomic mass is 10.0. The number of unbranched alkanes of at least 4 members (excludes halogenated alkanes) is 44. The maximum Gasteiger partial charge on any atom is 0.472 e. The summed E-state index contributed by atoms with van der Waals surface area (Å²) < 4.78 is 23.8. The highest BCUT2D eigenvalue weighted by atomic mass is 31.2. The molecule has 0 aliphatic heterocycles. The van der Waals surface area contributed by atoms with Crippen LogP contribution < -0.4 is 5.32 Å². The standard InChI is InChI=1S/C60H121N2O6P/c1-6-8-10-12-14-16-18-20-22-24-26-28-30-32-33-35-37-39-41-43-45-47-49-51-53-59(63)58(57-68-69(65,66)67-56-55-62(3,4)5)61-60(64)54-52-50-48-46-44-42-40-38-36-34-31-29-27-25-23-21-19-17-15-13-11-9-7-2/h51,53,58-59,63H,6-50,52,54-57H2,1-5H3,(H-,61,64,65,66)/p+1/b53-51+. The molecule has 0 aliphatic rings. The van der Waals surface area contributed by atoms with Crippen molar-refractivity contribution in [2.75, 3.05) is 40.9 Å². The first kappa shape index (κ1) is 68.2. The second-order valence-electron chi connectivity index (χ2n) is 22.4. The Balaban J connectivity index is 4.14. The molecule has 3 N–H and O–H groups in total. The molecule has 0 spiro atoms. The number of nitrogens with zero attached hydrogens (tertiary/aromatic N) is 1. The summed E-state index contributed by atoms with van der Waals surface area (Å²) >= 11 is 0. The molecule has 8 nitrogen and oxygen atoms in total. The van der Waals surface area contributed by atoms with Crippen molar-refractivity contribution in [3.63, 3.8) is 0 Å². The quantitative estimate of drug-likeness (QED) is 0.0243. The molecule has 0 saturated carbocycles. The maximum atomic E-state index is 13.0. The molecule has 9 heteroatoms. The van der Waals surface area contributed by atoms with Crippen LogP contribution in [0, 0.1) is 0 Å². The molecule has 69 heavy (non-hydrogen) atoms. The molecule has 3 atom stereocenters. The summed E-state index contributed by atoms with van der Waals surface area (Å²) in [4.78, 5) is 23.3. The molecule has 1 amide bonds. The van der Waals surface area contributed by atoms with Crippen molar-refractivity contribution in [3.05, 3.63) is 12.2 Å². The molecule has 0 rings (SSSR count). The molecular formula is C60H122N2O6P+. The third kappa shape index (κ3) is 54.8. The fraction of sp³-hybridized carbons (Fsp3) is 0.950. The van der Waals surface area contributed by atoms with E-state index in [1.165, 1.54) is 263 Å². The summed E-state index contributed by atoms with van der Waals surface area (Å²) in [6.45, 7) is 4.88. The van der Waals surface area contributed by atoms with E-state index in [9.17, 15) is 19.4 Å². The molecule has 0 aromatic rings. The highest BCUT2D eigenvalue weighted by molar-refractivity contribution is 7.47. The van der Waals surface area contributed by atoms with Gasteiger partial charge < -0.3 is 19.8 Å². The van der Waals surface area contributed by atoms with Crippen LogP contribution in [-0.4, -0.2) is 73.4 Å². The third-order valence-corrected chi connectivity index (χ3v) is 15.2. The average Bonchev–Trinajstić information content (AvgIpc) is 3.31. The van der Waals surface area contributed by atoms with Gasteiger partial charge in [-0.25, -0.2) is 4.57 Å². The van der Waals surface area contributed by atoms with Crippen LogP contribution in [0.2, 0.25) is 0 Å². The van der Waals surface area contributed by atoms with E-state index in [2.05, 4.69) is 19.2 Å². The topological polar surface area (TPSA) is 105 Å². The van der Waals surface area contributed by atoms with Crippen molar-refractivity contribution in [2.24, 2.45) is 0 Å². The second kappa shape index (κ2) is 52.1. The summed E-state index contributed by atoms with van der Waals surface area (Å²) in [5.74, 6) is -0.169. The van der Waals surface area contributed by atoms with Crippen molar-refractivity contribution in [1.29, 1.82) is 0 Å². The van der Waals surface area contributed by atoms with Crippen molar-refractivity contribution >= 4 is 13.7 Å². The lowest BCUT2D eigenvalue weighted by Gasteiger charge is -2.25. The van der Waals surface area contributed by atoms with Crippen molar-refractivity contribution < 1.29 is 32.9 Å².